The zero-order chi connectivity index (χ0) is 11.8. The summed E-state index contributed by atoms with van der Waals surface area (Å²) in [7, 11) is 0. The first-order valence-corrected chi connectivity index (χ1v) is 6.78. The van der Waals surface area contributed by atoms with Crippen LogP contribution in [0.4, 0.5) is 0 Å². The van der Waals surface area contributed by atoms with Gasteiger partial charge in [-0.05, 0) is 49.4 Å². The summed E-state index contributed by atoms with van der Waals surface area (Å²) < 4.78 is 0. The van der Waals surface area contributed by atoms with Gasteiger partial charge in [-0.25, -0.2) is 0 Å². The minimum absolute atomic E-state index is 0.258. The Balaban J connectivity index is 1.91. The Labute approximate surface area is 99.4 Å². The smallest absolute Gasteiger partial charge is 0.219 e. The Kier molecular flexibility index (Phi) is 3.27. The summed E-state index contributed by atoms with van der Waals surface area (Å²) in [6.07, 6.45) is 6.72. The summed E-state index contributed by atoms with van der Waals surface area (Å²) in [6, 6.07) is 0. The van der Waals surface area contributed by atoms with Gasteiger partial charge in [-0.15, -0.1) is 0 Å². The third-order valence-corrected chi connectivity index (χ3v) is 4.95. The third-order valence-electron chi connectivity index (χ3n) is 4.95. The topological polar surface area (TPSA) is 20.3 Å². The molecule has 0 aromatic carbocycles. The Bertz CT molecular complexity index is 264. The molecule has 0 aromatic rings. The first kappa shape index (κ1) is 11.9. The van der Waals surface area contributed by atoms with Gasteiger partial charge in [0, 0.05) is 20.0 Å². The van der Waals surface area contributed by atoms with Gasteiger partial charge in [0.15, 0.2) is 0 Å². The molecule has 0 N–H and O–H groups in total. The highest BCUT2D eigenvalue weighted by molar-refractivity contribution is 5.73. The second-order valence-electron chi connectivity index (χ2n) is 6.25. The number of hydrogen-bond donors (Lipinski definition) is 0. The number of hydrogen-bond acceptors (Lipinski definition) is 1. The Morgan fingerprint density at radius 1 is 1.25 bits per heavy atom. The van der Waals surface area contributed by atoms with Crippen LogP contribution in [0.15, 0.2) is 0 Å². The minimum atomic E-state index is 0.258. The lowest BCUT2D eigenvalue weighted by Crippen LogP contribution is -2.41. The van der Waals surface area contributed by atoms with Crippen LogP contribution in [0.5, 0.6) is 0 Å². The molecular weight excluding hydrogens is 198 g/mol. The van der Waals surface area contributed by atoms with Gasteiger partial charge in [0.05, 0.1) is 0 Å². The monoisotopic (exact) mass is 223 g/mol. The largest absolute Gasteiger partial charge is 0.343 e. The number of carbonyl (C=O) groups excluding carboxylic acids is 1. The minimum Gasteiger partial charge on any atom is -0.343 e. The number of rotatable bonds is 1. The van der Waals surface area contributed by atoms with E-state index < -0.39 is 0 Å². The van der Waals surface area contributed by atoms with E-state index in [9.17, 15) is 4.79 Å². The van der Waals surface area contributed by atoms with Crippen LogP contribution < -0.4 is 0 Å². The van der Waals surface area contributed by atoms with E-state index in [0.29, 0.717) is 5.41 Å². The highest BCUT2D eigenvalue weighted by Gasteiger charge is 2.42. The Morgan fingerprint density at radius 2 is 1.88 bits per heavy atom. The summed E-state index contributed by atoms with van der Waals surface area (Å²) in [5, 5.41) is 0. The molecule has 1 saturated heterocycles. The molecule has 2 aliphatic rings. The number of amides is 1. The maximum atomic E-state index is 11.3. The lowest BCUT2D eigenvalue weighted by molar-refractivity contribution is -0.131. The zero-order valence-corrected chi connectivity index (χ0v) is 11.0. The van der Waals surface area contributed by atoms with Crippen molar-refractivity contribution >= 4 is 5.91 Å². The number of nitrogens with zero attached hydrogens (tertiary/aromatic N) is 1. The predicted molar refractivity (Wildman–Crippen MR) is 66.1 cm³/mol. The standard InChI is InChI=1S/C14H25NO/c1-11(2)13-4-5-14(10-13)6-8-15(9-7-14)12(3)16/h11,13H,4-10H2,1-3H3. The van der Waals surface area contributed by atoms with Gasteiger partial charge in [-0.3, -0.25) is 4.79 Å². The van der Waals surface area contributed by atoms with Crippen LogP contribution in [-0.4, -0.2) is 23.9 Å². The van der Waals surface area contributed by atoms with Crippen LogP contribution in [0.3, 0.4) is 0 Å². The van der Waals surface area contributed by atoms with Gasteiger partial charge in [0.1, 0.15) is 0 Å². The van der Waals surface area contributed by atoms with Gasteiger partial charge < -0.3 is 4.90 Å². The van der Waals surface area contributed by atoms with Crippen molar-refractivity contribution in [1.29, 1.82) is 0 Å². The molecule has 1 aliphatic carbocycles. The normalized spacial score (nSPS) is 29.0. The van der Waals surface area contributed by atoms with E-state index in [4.69, 9.17) is 0 Å². The second kappa shape index (κ2) is 4.38. The highest BCUT2D eigenvalue weighted by atomic mass is 16.2. The van der Waals surface area contributed by atoms with Crippen molar-refractivity contribution in [2.75, 3.05) is 13.1 Å². The fraction of sp³-hybridized carbons (Fsp3) is 0.929. The first-order valence-electron chi connectivity index (χ1n) is 6.78. The van der Waals surface area contributed by atoms with Gasteiger partial charge >= 0.3 is 0 Å². The van der Waals surface area contributed by atoms with Crippen molar-refractivity contribution in [2.45, 2.75) is 52.9 Å². The van der Waals surface area contributed by atoms with Gasteiger partial charge in [0.25, 0.3) is 0 Å². The summed E-state index contributed by atoms with van der Waals surface area (Å²) in [4.78, 5) is 13.3. The summed E-state index contributed by atoms with van der Waals surface area (Å²) >= 11 is 0. The van der Waals surface area contributed by atoms with Crippen LogP contribution >= 0.6 is 0 Å². The second-order valence-corrected chi connectivity index (χ2v) is 6.25. The fourth-order valence-corrected chi connectivity index (χ4v) is 3.57. The highest BCUT2D eigenvalue weighted by Crippen LogP contribution is 2.50. The lowest BCUT2D eigenvalue weighted by atomic mass is 9.75. The molecule has 0 radical (unpaired) electrons. The molecule has 2 heteroatoms. The van der Waals surface area contributed by atoms with Crippen molar-refractivity contribution in [3.63, 3.8) is 0 Å². The molecule has 0 aromatic heterocycles. The van der Waals surface area contributed by atoms with Gasteiger partial charge in [0.2, 0.25) is 5.91 Å². The van der Waals surface area contributed by atoms with E-state index in [-0.39, 0.29) is 5.91 Å². The van der Waals surface area contributed by atoms with E-state index in [2.05, 4.69) is 13.8 Å². The molecule has 92 valence electrons. The maximum absolute atomic E-state index is 11.3. The van der Waals surface area contributed by atoms with Gasteiger partial charge in [-0.2, -0.15) is 0 Å². The molecule has 1 spiro atoms. The summed E-state index contributed by atoms with van der Waals surface area (Å²) in [5.41, 5.74) is 0.598. The van der Waals surface area contributed by atoms with Crippen molar-refractivity contribution < 1.29 is 4.79 Å². The molecule has 1 unspecified atom stereocenters. The Morgan fingerprint density at radius 3 is 2.31 bits per heavy atom. The molecule has 1 amide bonds. The van der Waals surface area contributed by atoms with Crippen LogP contribution in [0, 0.1) is 17.3 Å². The fourth-order valence-electron chi connectivity index (χ4n) is 3.57. The molecule has 1 heterocycles. The van der Waals surface area contributed by atoms with E-state index in [1.54, 1.807) is 6.92 Å². The quantitative estimate of drug-likeness (QED) is 0.669. The van der Waals surface area contributed by atoms with Crippen molar-refractivity contribution in [3.05, 3.63) is 0 Å². The predicted octanol–water partition coefficient (Wildman–Crippen LogP) is 3.07. The average molecular weight is 223 g/mol. The number of piperidine rings is 1. The molecule has 2 nitrogen and oxygen atoms in total. The van der Waals surface area contributed by atoms with E-state index in [1.807, 2.05) is 4.90 Å². The van der Waals surface area contributed by atoms with Crippen LogP contribution in [0.25, 0.3) is 0 Å². The van der Waals surface area contributed by atoms with Gasteiger partial charge in [-0.1, -0.05) is 13.8 Å². The van der Waals surface area contributed by atoms with Crippen molar-refractivity contribution in [3.8, 4) is 0 Å². The molecule has 1 atom stereocenters. The molecule has 1 aliphatic heterocycles. The lowest BCUT2D eigenvalue weighted by Gasteiger charge is -2.39. The number of carbonyl (C=O) groups is 1. The maximum Gasteiger partial charge on any atom is 0.219 e. The molecule has 1 saturated carbocycles. The molecule has 2 rings (SSSR count). The van der Waals surface area contributed by atoms with Crippen LogP contribution in [-0.2, 0) is 4.79 Å². The molecule has 0 bridgehead atoms. The van der Waals surface area contributed by atoms with E-state index >= 15 is 0 Å². The zero-order valence-electron chi connectivity index (χ0n) is 11.0. The molecular formula is C14H25NO. The van der Waals surface area contributed by atoms with Crippen molar-refractivity contribution in [2.24, 2.45) is 17.3 Å². The van der Waals surface area contributed by atoms with Crippen LogP contribution in [0.2, 0.25) is 0 Å². The average Bonchev–Trinajstić information content (AvgIpc) is 2.63. The summed E-state index contributed by atoms with van der Waals surface area (Å²) in [5.74, 6) is 2.03. The third kappa shape index (κ3) is 2.26. The Hall–Kier alpha value is -0.530. The first-order chi connectivity index (χ1) is 7.52. The molecule has 2 fully saturated rings. The van der Waals surface area contributed by atoms with E-state index in [0.717, 1.165) is 24.9 Å². The number of likely N-dealkylation sites (tertiary alicyclic amines) is 1. The van der Waals surface area contributed by atoms with E-state index in [1.165, 1.54) is 32.1 Å². The SMILES string of the molecule is CC(=O)N1CCC2(CCC(C(C)C)C2)CC1. The summed E-state index contributed by atoms with van der Waals surface area (Å²) in [6.45, 7) is 8.41. The van der Waals surface area contributed by atoms with Crippen molar-refractivity contribution in [1.82, 2.24) is 4.90 Å². The van der Waals surface area contributed by atoms with Crippen LogP contribution in [0.1, 0.15) is 52.9 Å². The molecule has 16 heavy (non-hydrogen) atoms.